The van der Waals surface area contributed by atoms with E-state index in [4.69, 9.17) is 14.8 Å². The summed E-state index contributed by atoms with van der Waals surface area (Å²) in [4.78, 5) is 19.4. The van der Waals surface area contributed by atoms with Crippen LogP contribution in [0.3, 0.4) is 0 Å². The maximum atomic E-state index is 13.2. The van der Waals surface area contributed by atoms with Gasteiger partial charge in [-0.15, -0.1) is 11.3 Å². The lowest BCUT2D eigenvalue weighted by molar-refractivity contribution is 0.0954. The topological polar surface area (TPSA) is 69.0 Å². The standard InChI is InChI=1S/C27H28N4O2S/c1-33-21-11-7-10-20(16-21)26-22(18-31(30-26)17-19-8-3-2-4-9-19)27(32)28-15-14-25-29-23-12-5-6-13-24(23)34-25/h2-4,7-11,16,18H,5-6,12-15,17H2,1H3,(H,28,32). The lowest BCUT2D eigenvalue weighted by atomic mass is 10.0. The molecule has 1 amide bonds. The van der Waals surface area contributed by atoms with Crippen LogP contribution in [0.4, 0.5) is 0 Å². The molecule has 0 saturated carbocycles. The number of carbonyl (C=O) groups excluding carboxylic acids is 1. The Bertz CT molecular complexity index is 1260. The molecule has 2 aromatic carbocycles. The number of fused-ring (bicyclic) bond motifs is 1. The molecule has 0 bridgehead atoms. The first-order valence-electron chi connectivity index (χ1n) is 11.7. The number of aromatic nitrogens is 3. The Morgan fingerprint density at radius 3 is 2.79 bits per heavy atom. The zero-order valence-electron chi connectivity index (χ0n) is 19.3. The van der Waals surface area contributed by atoms with Crippen LogP contribution in [-0.2, 0) is 25.8 Å². The number of hydrogen-bond acceptors (Lipinski definition) is 5. The molecule has 0 radical (unpaired) electrons. The van der Waals surface area contributed by atoms with Crippen LogP contribution >= 0.6 is 11.3 Å². The van der Waals surface area contributed by atoms with E-state index in [2.05, 4.69) is 17.4 Å². The Morgan fingerprint density at radius 1 is 1.12 bits per heavy atom. The average molecular weight is 473 g/mol. The van der Waals surface area contributed by atoms with Crippen LogP contribution in [0.25, 0.3) is 11.3 Å². The second-order valence-electron chi connectivity index (χ2n) is 8.50. The number of hydrogen-bond donors (Lipinski definition) is 1. The number of nitrogens with one attached hydrogen (secondary N) is 1. The molecule has 1 aliphatic carbocycles. The van der Waals surface area contributed by atoms with Gasteiger partial charge >= 0.3 is 0 Å². The molecule has 2 heterocycles. The molecule has 0 aliphatic heterocycles. The van der Waals surface area contributed by atoms with E-state index >= 15 is 0 Å². The highest BCUT2D eigenvalue weighted by atomic mass is 32.1. The van der Waals surface area contributed by atoms with Gasteiger partial charge in [0.05, 0.1) is 29.9 Å². The molecule has 34 heavy (non-hydrogen) atoms. The number of benzene rings is 2. The number of methoxy groups -OCH3 is 1. The third kappa shape index (κ3) is 5.04. The molecular formula is C27H28N4O2S. The number of amides is 1. The van der Waals surface area contributed by atoms with Crippen LogP contribution in [-0.4, -0.2) is 34.3 Å². The van der Waals surface area contributed by atoms with Gasteiger partial charge in [0.25, 0.3) is 5.91 Å². The summed E-state index contributed by atoms with van der Waals surface area (Å²) in [5.41, 5.74) is 4.45. The van der Waals surface area contributed by atoms with Gasteiger partial charge in [-0.1, -0.05) is 42.5 Å². The fourth-order valence-corrected chi connectivity index (χ4v) is 5.47. The summed E-state index contributed by atoms with van der Waals surface area (Å²) in [6.45, 7) is 1.14. The molecule has 2 aromatic heterocycles. The fourth-order valence-electron chi connectivity index (χ4n) is 4.31. The van der Waals surface area contributed by atoms with Crippen molar-refractivity contribution in [3.8, 4) is 17.0 Å². The van der Waals surface area contributed by atoms with Crippen molar-refractivity contribution in [2.24, 2.45) is 0 Å². The van der Waals surface area contributed by atoms with Gasteiger partial charge in [0.2, 0.25) is 0 Å². The van der Waals surface area contributed by atoms with Crippen LogP contribution in [0, 0.1) is 0 Å². The quantitative estimate of drug-likeness (QED) is 0.395. The van der Waals surface area contributed by atoms with E-state index in [9.17, 15) is 4.79 Å². The first-order chi connectivity index (χ1) is 16.7. The molecule has 7 heteroatoms. The van der Waals surface area contributed by atoms with Gasteiger partial charge in [-0.05, 0) is 43.4 Å². The van der Waals surface area contributed by atoms with Crippen molar-refractivity contribution in [1.29, 1.82) is 0 Å². The van der Waals surface area contributed by atoms with Gasteiger partial charge in [0, 0.05) is 29.6 Å². The fraction of sp³-hybridized carbons (Fsp3) is 0.296. The average Bonchev–Trinajstić information content (AvgIpc) is 3.48. The molecule has 0 unspecified atom stereocenters. The van der Waals surface area contributed by atoms with Crippen LogP contribution in [0.5, 0.6) is 5.75 Å². The van der Waals surface area contributed by atoms with Gasteiger partial charge in [0.1, 0.15) is 11.4 Å². The molecule has 0 fully saturated rings. The van der Waals surface area contributed by atoms with E-state index < -0.39 is 0 Å². The lowest BCUT2D eigenvalue weighted by Gasteiger charge is -2.06. The van der Waals surface area contributed by atoms with E-state index in [1.807, 2.05) is 53.3 Å². The summed E-state index contributed by atoms with van der Waals surface area (Å²) >= 11 is 1.80. The summed E-state index contributed by atoms with van der Waals surface area (Å²) in [6, 6.07) is 17.8. The largest absolute Gasteiger partial charge is 0.497 e. The van der Waals surface area contributed by atoms with E-state index in [1.165, 1.54) is 23.4 Å². The van der Waals surface area contributed by atoms with Crippen molar-refractivity contribution in [1.82, 2.24) is 20.1 Å². The molecule has 0 atom stereocenters. The third-order valence-corrected chi connectivity index (χ3v) is 7.27. The van der Waals surface area contributed by atoms with Crippen LogP contribution in [0.1, 0.15) is 44.3 Å². The molecule has 1 aliphatic rings. The summed E-state index contributed by atoms with van der Waals surface area (Å²) < 4.78 is 7.21. The summed E-state index contributed by atoms with van der Waals surface area (Å²) in [6.07, 6.45) is 7.29. The normalized spacial score (nSPS) is 12.9. The van der Waals surface area contributed by atoms with E-state index in [0.29, 0.717) is 24.3 Å². The predicted octanol–water partition coefficient (Wildman–Crippen LogP) is 4.91. The Balaban J connectivity index is 1.34. The first kappa shape index (κ1) is 22.3. The minimum absolute atomic E-state index is 0.126. The van der Waals surface area contributed by atoms with Crippen molar-refractivity contribution in [2.75, 3.05) is 13.7 Å². The van der Waals surface area contributed by atoms with Crippen molar-refractivity contribution in [3.05, 3.63) is 87.5 Å². The number of aryl methyl sites for hydroxylation is 2. The molecule has 4 aromatic rings. The second kappa shape index (κ2) is 10.2. The number of rotatable bonds is 8. The number of thiazole rings is 1. The zero-order chi connectivity index (χ0) is 23.3. The molecule has 5 rings (SSSR count). The maximum Gasteiger partial charge on any atom is 0.255 e. The lowest BCUT2D eigenvalue weighted by Crippen LogP contribution is -2.25. The van der Waals surface area contributed by atoms with Crippen molar-refractivity contribution in [2.45, 2.75) is 38.6 Å². The monoisotopic (exact) mass is 472 g/mol. The van der Waals surface area contributed by atoms with Gasteiger partial charge in [0.15, 0.2) is 0 Å². The Kier molecular flexibility index (Phi) is 6.72. The summed E-state index contributed by atoms with van der Waals surface area (Å²) in [5.74, 6) is 0.604. The minimum atomic E-state index is -0.126. The van der Waals surface area contributed by atoms with Gasteiger partial charge in [-0.3, -0.25) is 9.48 Å². The first-order valence-corrected chi connectivity index (χ1v) is 12.5. The predicted molar refractivity (Wildman–Crippen MR) is 135 cm³/mol. The minimum Gasteiger partial charge on any atom is -0.497 e. The Hall–Kier alpha value is -3.45. The SMILES string of the molecule is COc1cccc(-c2nn(Cc3ccccc3)cc2C(=O)NCCc2nc3c(s2)CCCC3)c1. The van der Waals surface area contributed by atoms with Crippen molar-refractivity contribution < 1.29 is 9.53 Å². The Labute approximate surface area is 203 Å². The molecule has 6 nitrogen and oxygen atoms in total. The molecule has 174 valence electrons. The Morgan fingerprint density at radius 2 is 1.97 bits per heavy atom. The highest BCUT2D eigenvalue weighted by Crippen LogP contribution is 2.28. The highest BCUT2D eigenvalue weighted by Gasteiger charge is 2.19. The van der Waals surface area contributed by atoms with E-state index in [0.717, 1.165) is 41.1 Å². The van der Waals surface area contributed by atoms with Crippen LogP contribution in [0.15, 0.2) is 60.8 Å². The zero-order valence-corrected chi connectivity index (χ0v) is 20.1. The highest BCUT2D eigenvalue weighted by molar-refractivity contribution is 7.11. The maximum absolute atomic E-state index is 13.2. The van der Waals surface area contributed by atoms with E-state index in [-0.39, 0.29) is 5.91 Å². The third-order valence-electron chi connectivity index (χ3n) is 6.05. The van der Waals surface area contributed by atoms with Gasteiger partial charge in [-0.25, -0.2) is 4.98 Å². The van der Waals surface area contributed by atoms with Crippen molar-refractivity contribution >= 4 is 17.2 Å². The smallest absolute Gasteiger partial charge is 0.255 e. The van der Waals surface area contributed by atoms with Gasteiger partial charge in [-0.2, -0.15) is 5.10 Å². The second-order valence-corrected chi connectivity index (χ2v) is 9.67. The summed E-state index contributed by atoms with van der Waals surface area (Å²) in [7, 11) is 1.64. The molecule has 0 spiro atoms. The van der Waals surface area contributed by atoms with Crippen LogP contribution in [0.2, 0.25) is 0 Å². The van der Waals surface area contributed by atoms with Crippen LogP contribution < -0.4 is 10.1 Å². The number of ether oxygens (including phenoxy) is 1. The van der Waals surface area contributed by atoms with E-state index in [1.54, 1.807) is 18.4 Å². The molecule has 0 saturated heterocycles. The molecular weight excluding hydrogens is 444 g/mol. The molecule has 1 N–H and O–H groups in total. The number of nitrogens with zero attached hydrogens (tertiary/aromatic N) is 3. The number of carbonyl (C=O) groups is 1. The summed E-state index contributed by atoms with van der Waals surface area (Å²) in [5, 5.41) is 8.97. The van der Waals surface area contributed by atoms with Crippen molar-refractivity contribution in [3.63, 3.8) is 0 Å². The van der Waals surface area contributed by atoms with Gasteiger partial charge < -0.3 is 10.1 Å².